The van der Waals surface area contributed by atoms with Crippen LogP contribution < -0.4 is 51.3 Å². The highest BCUT2D eigenvalue weighted by Crippen LogP contribution is 2.46. The molecule has 0 radical (unpaired) electrons. The molecule has 16 rings (SSSR count). The van der Waals surface area contributed by atoms with Gasteiger partial charge in [0.05, 0.1) is 5.69 Å². The summed E-state index contributed by atoms with van der Waals surface area (Å²) in [7, 11) is -5.61. The minimum absolute atomic E-state index is 0.808. The Morgan fingerprint density at radius 2 is 0.473 bits per heavy atom. The summed E-state index contributed by atoms with van der Waals surface area (Å²) in [5.74, 6) is 0. The molecule has 15 aromatic carbocycles. The summed E-state index contributed by atoms with van der Waals surface area (Å²) in [6.45, 7) is 0. The van der Waals surface area contributed by atoms with Crippen LogP contribution in [0, 0.1) is 0 Å². The van der Waals surface area contributed by atoms with Crippen molar-refractivity contribution in [2.24, 2.45) is 0 Å². The lowest BCUT2D eigenvalue weighted by Gasteiger charge is -2.35. The Morgan fingerprint density at radius 3 is 0.839 bits per heavy atom. The van der Waals surface area contributed by atoms with Crippen LogP contribution in [0.25, 0.3) is 55.0 Å². The second-order valence-electron chi connectivity index (χ2n) is 23.9. The largest absolute Gasteiger partial charge is 0.456 e. The molecule has 0 saturated heterocycles. The molecule has 1 aromatic heterocycles. The third-order valence-corrected chi connectivity index (χ3v) is 28.4. The molecular weight excluding hydrogens is 1160 g/mol. The molecule has 0 aliphatic carbocycles. The molecule has 1 heterocycles. The molecule has 0 amide bonds. The van der Waals surface area contributed by atoms with E-state index in [-0.39, 0.29) is 0 Å². The van der Waals surface area contributed by atoms with Gasteiger partial charge in [-0.15, -0.1) is 0 Å². The van der Waals surface area contributed by atoms with Gasteiger partial charge < -0.3 is 14.2 Å². The Bertz CT molecular complexity index is 5000. The molecule has 0 fully saturated rings. The lowest BCUT2D eigenvalue weighted by Crippen LogP contribution is -2.74. The Kier molecular flexibility index (Phi) is 15.0. The molecule has 0 aliphatic rings. The Balaban J connectivity index is 0.857. The van der Waals surface area contributed by atoms with Crippen LogP contribution in [0.2, 0.25) is 0 Å². The normalized spacial score (nSPS) is 11.7. The lowest BCUT2D eigenvalue weighted by atomic mass is 10.00. The topological polar surface area (TPSA) is 19.6 Å². The van der Waals surface area contributed by atoms with E-state index in [1.165, 1.54) is 52.6 Å². The van der Waals surface area contributed by atoms with Gasteiger partial charge >= 0.3 is 0 Å². The van der Waals surface area contributed by atoms with Gasteiger partial charge in [0.2, 0.25) is 0 Å². The highest BCUT2D eigenvalue weighted by atomic mass is 28.3. The summed E-state index contributed by atoms with van der Waals surface area (Å²) in [5, 5.41) is 15.0. The maximum absolute atomic E-state index is 7.32. The van der Waals surface area contributed by atoms with Crippen molar-refractivity contribution in [1.29, 1.82) is 0 Å². The van der Waals surface area contributed by atoms with Crippen molar-refractivity contribution in [3.63, 3.8) is 0 Å². The van der Waals surface area contributed by atoms with Crippen LogP contribution >= 0.6 is 0 Å². The predicted molar refractivity (Wildman–Crippen MR) is 399 cm³/mol. The van der Waals surface area contributed by atoms with Crippen LogP contribution in [0.3, 0.4) is 0 Å². The highest BCUT2D eigenvalue weighted by molar-refractivity contribution is 7.20. The molecule has 0 bridgehead atoms. The summed E-state index contributed by atoms with van der Waals surface area (Å²) < 4.78 is 7.32. The minimum Gasteiger partial charge on any atom is -0.456 e. The minimum atomic E-state index is -2.82. The average molecular weight is 1220 g/mol. The number of anilines is 6. The lowest BCUT2D eigenvalue weighted by molar-refractivity contribution is 0.669. The van der Waals surface area contributed by atoms with Gasteiger partial charge in [-0.1, -0.05) is 315 Å². The van der Waals surface area contributed by atoms with E-state index in [0.717, 1.165) is 78.0 Å². The van der Waals surface area contributed by atoms with Crippen LogP contribution in [-0.2, 0) is 0 Å². The van der Waals surface area contributed by atoms with Crippen molar-refractivity contribution in [1.82, 2.24) is 0 Å². The molecule has 0 N–H and O–H groups in total. The maximum atomic E-state index is 7.32. The summed E-state index contributed by atoms with van der Waals surface area (Å²) in [6.07, 6.45) is 0. The van der Waals surface area contributed by atoms with Gasteiger partial charge in [0.15, 0.2) is 16.1 Å². The first-order valence-corrected chi connectivity index (χ1v) is 36.0. The molecule has 0 unspecified atom stereocenters. The van der Waals surface area contributed by atoms with E-state index in [9.17, 15) is 0 Å². The van der Waals surface area contributed by atoms with Crippen molar-refractivity contribution < 1.29 is 4.42 Å². The van der Waals surface area contributed by atoms with E-state index in [2.05, 4.69) is 398 Å². The number of hydrogen-bond donors (Lipinski definition) is 0. The number of furan rings is 1. The van der Waals surface area contributed by atoms with Crippen molar-refractivity contribution in [2.75, 3.05) is 9.80 Å². The van der Waals surface area contributed by atoms with Crippen LogP contribution in [0.5, 0.6) is 0 Å². The number of hydrogen-bond acceptors (Lipinski definition) is 3. The van der Waals surface area contributed by atoms with E-state index < -0.39 is 16.1 Å². The average Bonchev–Trinajstić information content (AvgIpc) is 0.936. The van der Waals surface area contributed by atoms with Crippen molar-refractivity contribution in [3.8, 4) is 22.3 Å². The zero-order chi connectivity index (χ0) is 62.0. The number of fused-ring (bicyclic) bond motifs is 5. The van der Waals surface area contributed by atoms with Crippen LogP contribution in [0.4, 0.5) is 34.1 Å². The van der Waals surface area contributed by atoms with Crippen LogP contribution in [0.1, 0.15) is 0 Å². The molecule has 16 aromatic rings. The zero-order valence-corrected chi connectivity index (χ0v) is 53.3. The second kappa shape index (κ2) is 24.6. The molecule has 3 nitrogen and oxygen atoms in total. The fourth-order valence-electron chi connectivity index (χ4n) is 14.5. The third-order valence-electron chi connectivity index (χ3n) is 18.8. The maximum Gasteiger partial charge on any atom is 0.179 e. The van der Waals surface area contributed by atoms with Gasteiger partial charge in [0.25, 0.3) is 0 Å². The molecule has 440 valence electrons. The van der Waals surface area contributed by atoms with Crippen LogP contribution in [0.15, 0.2) is 393 Å². The molecule has 5 heteroatoms. The summed E-state index contributed by atoms with van der Waals surface area (Å²) >= 11 is 0. The summed E-state index contributed by atoms with van der Waals surface area (Å²) in [5.41, 5.74) is 12.5. The fourth-order valence-corrected chi connectivity index (χ4v) is 24.0. The first-order valence-electron chi connectivity index (χ1n) is 32.0. The van der Waals surface area contributed by atoms with Gasteiger partial charge in [0, 0.05) is 56.7 Å². The first-order chi connectivity index (χ1) is 46.1. The van der Waals surface area contributed by atoms with E-state index in [1.54, 1.807) is 0 Å². The zero-order valence-electron chi connectivity index (χ0n) is 51.3. The van der Waals surface area contributed by atoms with E-state index in [4.69, 9.17) is 4.42 Å². The Morgan fingerprint density at radius 1 is 0.194 bits per heavy atom. The molecular formula is C88H64N2OSi2. The van der Waals surface area contributed by atoms with E-state index in [1.807, 2.05) is 0 Å². The van der Waals surface area contributed by atoms with E-state index in [0.29, 0.717) is 0 Å². The van der Waals surface area contributed by atoms with Gasteiger partial charge in [-0.2, -0.15) is 0 Å². The van der Waals surface area contributed by atoms with Crippen molar-refractivity contribution >= 4 is 124 Å². The van der Waals surface area contributed by atoms with Gasteiger partial charge in [0.1, 0.15) is 11.2 Å². The summed E-state index contributed by atoms with van der Waals surface area (Å²) in [6, 6.07) is 143. The number of benzene rings is 15. The fraction of sp³-hybridized carbons (Fsp3) is 0. The quantitative estimate of drug-likeness (QED) is 0.0710. The first kappa shape index (κ1) is 56.6. The second-order valence-corrected chi connectivity index (χ2v) is 31.5. The molecule has 0 spiro atoms. The van der Waals surface area contributed by atoms with Gasteiger partial charge in [-0.25, -0.2) is 0 Å². The highest BCUT2D eigenvalue weighted by Gasteiger charge is 2.43. The van der Waals surface area contributed by atoms with Crippen molar-refractivity contribution in [3.05, 3.63) is 388 Å². The van der Waals surface area contributed by atoms with Crippen molar-refractivity contribution in [2.45, 2.75) is 0 Å². The van der Waals surface area contributed by atoms with Gasteiger partial charge in [-0.3, -0.25) is 0 Å². The third kappa shape index (κ3) is 10.2. The molecule has 0 saturated carbocycles. The van der Waals surface area contributed by atoms with Gasteiger partial charge in [-0.05, 0) is 130 Å². The monoisotopic (exact) mass is 1220 g/mol. The number of rotatable bonds is 16. The predicted octanol–water partition coefficient (Wildman–Crippen LogP) is 17.8. The van der Waals surface area contributed by atoms with Crippen LogP contribution in [-0.4, -0.2) is 16.1 Å². The SMILES string of the molecule is c1ccc(-c2ccc(N(c3ccc([Si](c4ccccc4)(c4ccccc4)c4ccccc4)cc3)c3ccc4c(c3)oc3cc(N(c5ccc(-c6ccccc6)cc5)c5ccc([Si](c6ccccc6)(c6ccccc6)c6ccccc6)cc5)c5ccccc5c34)cc2)cc1. The molecule has 0 aliphatic heterocycles. The Hall–Kier alpha value is -11.6. The summed E-state index contributed by atoms with van der Waals surface area (Å²) in [4.78, 5) is 4.80. The smallest absolute Gasteiger partial charge is 0.179 e. The molecule has 93 heavy (non-hydrogen) atoms. The Labute approximate surface area is 545 Å². The van der Waals surface area contributed by atoms with E-state index >= 15 is 0 Å². The number of nitrogens with zero attached hydrogens (tertiary/aromatic N) is 2. The molecule has 0 atom stereocenters. The standard InChI is InChI=1S/C88H64N2OSi2/c1-9-27-65(28-10-1)67-45-49-69(50-46-67)89(70-53-58-80(59-54-70)92(74-31-13-3-14-32-74,75-33-15-4-16-34-75)76-35-17-5-18-36-76)73-57-62-84-86(63-73)91-87-64-85(82-43-25-26-44-83(82)88(84)87)90(71-51-47-68(48-52-71)66-29-11-2-12-30-66)72-55-60-81(61-56-72)93(77-37-19-6-20-38-77,78-39-21-7-22-40-78)79-41-23-8-24-42-79/h1-64H.